The third-order valence-corrected chi connectivity index (χ3v) is 3.60. The van der Waals surface area contributed by atoms with Crippen LogP contribution in [0.1, 0.15) is 11.3 Å². The van der Waals surface area contributed by atoms with Crippen LogP contribution in [-0.2, 0) is 6.54 Å². The minimum absolute atomic E-state index is 0.647. The molecule has 19 heavy (non-hydrogen) atoms. The lowest BCUT2D eigenvalue weighted by Crippen LogP contribution is -2.21. The molecule has 0 saturated heterocycles. The maximum absolute atomic E-state index is 5.68. The van der Waals surface area contributed by atoms with E-state index in [1.807, 2.05) is 36.4 Å². The molecule has 0 spiro atoms. The van der Waals surface area contributed by atoms with E-state index in [9.17, 15) is 0 Å². The Kier molecular flexibility index (Phi) is 5.36. The van der Waals surface area contributed by atoms with E-state index in [0.29, 0.717) is 6.61 Å². The van der Waals surface area contributed by atoms with Gasteiger partial charge >= 0.3 is 0 Å². The lowest BCUT2D eigenvalue weighted by molar-refractivity contribution is 0.313. The van der Waals surface area contributed by atoms with Crippen LogP contribution in [0.5, 0.6) is 5.75 Å². The van der Waals surface area contributed by atoms with Crippen molar-refractivity contribution in [1.82, 2.24) is 10.3 Å². The van der Waals surface area contributed by atoms with Gasteiger partial charge in [-0.25, -0.2) is 0 Å². The summed E-state index contributed by atoms with van der Waals surface area (Å²) < 4.78 is 6.78. The Hall–Kier alpha value is -1.39. The van der Waals surface area contributed by atoms with Gasteiger partial charge < -0.3 is 10.1 Å². The van der Waals surface area contributed by atoms with Gasteiger partial charge in [0.1, 0.15) is 12.4 Å². The van der Waals surface area contributed by atoms with Gasteiger partial charge in [-0.2, -0.15) is 0 Å². The third kappa shape index (κ3) is 4.65. The fraction of sp³-hybridized carbons (Fsp3) is 0.267. The number of aryl methyl sites for hydroxylation is 1. The van der Waals surface area contributed by atoms with E-state index in [0.717, 1.165) is 29.0 Å². The minimum Gasteiger partial charge on any atom is -0.492 e. The summed E-state index contributed by atoms with van der Waals surface area (Å²) in [6.07, 6.45) is 1.80. The fourth-order valence-electron chi connectivity index (χ4n) is 1.67. The van der Waals surface area contributed by atoms with Crippen molar-refractivity contribution in [3.8, 4) is 5.75 Å². The highest BCUT2D eigenvalue weighted by atomic mass is 79.9. The van der Waals surface area contributed by atoms with Gasteiger partial charge in [0, 0.05) is 23.8 Å². The Balaban J connectivity index is 1.68. The Bertz CT molecular complexity index is 517. The topological polar surface area (TPSA) is 34.1 Å². The van der Waals surface area contributed by atoms with Crippen molar-refractivity contribution in [2.75, 3.05) is 13.2 Å². The van der Waals surface area contributed by atoms with Crippen LogP contribution >= 0.6 is 15.9 Å². The predicted molar refractivity (Wildman–Crippen MR) is 80.3 cm³/mol. The number of ether oxygens (including phenoxy) is 1. The van der Waals surface area contributed by atoms with Crippen molar-refractivity contribution in [3.63, 3.8) is 0 Å². The van der Waals surface area contributed by atoms with Crippen LogP contribution in [0, 0.1) is 6.92 Å². The number of hydrogen-bond acceptors (Lipinski definition) is 3. The Morgan fingerprint density at radius 2 is 2.16 bits per heavy atom. The summed E-state index contributed by atoms with van der Waals surface area (Å²) in [5.41, 5.74) is 2.22. The van der Waals surface area contributed by atoms with Gasteiger partial charge in [-0.15, -0.1) is 0 Å². The summed E-state index contributed by atoms with van der Waals surface area (Å²) in [7, 11) is 0. The first kappa shape index (κ1) is 14.0. The Morgan fingerprint density at radius 1 is 1.26 bits per heavy atom. The molecule has 0 aliphatic heterocycles. The molecular weight excluding hydrogens is 304 g/mol. The van der Waals surface area contributed by atoms with Gasteiger partial charge in [-0.3, -0.25) is 4.98 Å². The quantitative estimate of drug-likeness (QED) is 0.829. The Morgan fingerprint density at radius 3 is 2.89 bits per heavy atom. The van der Waals surface area contributed by atoms with E-state index in [1.54, 1.807) is 6.20 Å². The number of pyridine rings is 1. The van der Waals surface area contributed by atoms with Gasteiger partial charge in [0.25, 0.3) is 0 Å². The van der Waals surface area contributed by atoms with Crippen LogP contribution in [-0.4, -0.2) is 18.1 Å². The predicted octanol–water partition coefficient (Wildman–Crippen LogP) is 3.32. The van der Waals surface area contributed by atoms with Gasteiger partial charge in [0.15, 0.2) is 0 Å². The zero-order chi connectivity index (χ0) is 13.5. The van der Waals surface area contributed by atoms with E-state index >= 15 is 0 Å². The summed E-state index contributed by atoms with van der Waals surface area (Å²) >= 11 is 3.47. The fourth-order valence-corrected chi connectivity index (χ4v) is 1.91. The molecule has 1 aromatic carbocycles. The van der Waals surface area contributed by atoms with Gasteiger partial charge in [-0.05, 0) is 42.8 Å². The highest BCUT2D eigenvalue weighted by molar-refractivity contribution is 9.10. The van der Waals surface area contributed by atoms with Crippen LogP contribution < -0.4 is 10.1 Å². The van der Waals surface area contributed by atoms with E-state index < -0.39 is 0 Å². The smallest absolute Gasteiger partial charge is 0.119 e. The van der Waals surface area contributed by atoms with E-state index in [4.69, 9.17) is 4.74 Å². The zero-order valence-electron chi connectivity index (χ0n) is 10.9. The Labute approximate surface area is 122 Å². The third-order valence-electron chi connectivity index (χ3n) is 2.71. The SMILES string of the molecule is Cc1cc(OCCNCc2ccccn2)ccc1Br. The molecular formula is C15H17BrN2O. The van der Waals surface area contributed by atoms with Crippen molar-refractivity contribution >= 4 is 15.9 Å². The molecule has 4 heteroatoms. The second-order valence-electron chi connectivity index (χ2n) is 4.26. The number of rotatable bonds is 6. The number of nitrogens with zero attached hydrogens (tertiary/aromatic N) is 1. The maximum Gasteiger partial charge on any atom is 0.119 e. The molecule has 0 atom stereocenters. The van der Waals surface area contributed by atoms with Crippen LogP contribution in [0.3, 0.4) is 0 Å². The van der Waals surface area contributed by atoms with E-state index in [-0.39, 0.29) is 0 Å². The molecule has 0 bridgehead atoms. The van der Waals surface area contributed by atoms with Crippen molar-refractivity contribution < 1.29 is 4.74 Å². The second-order valence-corrected chi connectivity index (χ2v) is 5.11. The van der Waals surface area contributed by atoms with Crippen molar-refractivity contribution in [2.45, 2.75) is 13.5 Å². The molecule has 0 radical (unpaired) electrons. The van der Waals surface area contributed by atoms with Gasteiger partial charge in [-0.1, -0.05) is 22.0 Å². The van der Waals surface area contributed by atoms with E-state index in [2.05, 4.69) is 33.2 Å². The number of aromatic nitrogens is 1. The highest BCUT2D eigenvalue weighted by Gasteiger charge is 1.98. The van der Waals surface area contributed by atoms with Crippen LogP contribution in [0.2, 0.25) is 0 Å². The minimum atomic E-state index is 0.647. The second kappa shape index (κ2) is 7.26. The molecule has 0 aliphatic carbocycles. The van der Waals surface area contributed by atoms with Gasteiger partial charge in [0.05, 0.1) is 5.69 Å². The summed E-state index contributed by atoms with van der Waals surface area (Å²) in [4.78, 5) is 4.25. The lowest BCUT2D eigenvalue weighted by Gasteiger charge is -2.08. The van der Waals surface area contributed by atoms with Gasteiger partial charge in [0.2, 0.25) is 0 Å². The number of nitrogens with one attached hydrogen (secondary N) is 1. The lowest BCUT2D eigenvalue weighted by atomic mass is 10.2. The first-order valence-electron chi connectivity index (χ1n) is 6.25. The van der Waals surface area contributed by atoms with Crippen molar-refractivity contribution in [2.24, 2.45) is 0 Å². The maximum atomic E-state index is 5.68. The molecule has 1 aromatic heterocycles. The summed E-state index contributed by atoms with van der Waals surface area (Å²) in [5, 5.41) is 3.30. The molecule has 0 fully saturated rings. The summed E-state index contributed by atoms with van der Waals surface area (Å²) in [6.45, 7) is 4.26. The average molecular weight is 321 g/mol. The molecule has 3 nitrogen and oxygen atoms in total. The summed E-state index contributed by atoms with van der Waals surface area (Å²) in [5.74, 6) is 0.903. The molecule has 2 aromatic rings. The number of hydrogen-bond donors (Lipinski definition) is 1. The number of benzene rings is 1. The molecule has 0 aliphatic rings. The highest BCUT2D eigenvalue weighted by Crippen LogP contribution is 2.21. The van der Waals surface area contributed by atoms with Crippen LogP contribution in [0.4, 0.5) is 0 Å². The molecule has 1 heterocycles. The van der Waals surface area contributed by atoms with Crippen molar-refractivity contribution in [3.05, 3.63) is 58.3 Å². The molecule has 0 saturated carbocycles. The van der Waals surface area contributed by atoms with E-state index in [1.165, 1.54) is 5.56 Å². The molecule has 0 amide bonds. The standard InChI is InChI=1S/C15H17BrN2O/c1-12-10-14(5-6-15(12)16)19-9-8-17-11-13-4-2-3-7-18-13/h2-7,10,17H,8-9,11H2,1H3. The monoisotopic (exact) mass is 320 g/mol. The molecule has 0 unspecified atom stereocenters. The number of halogens is 1. The average Bonchev–Trinajstić information content (AvgIpc) is 2.43. The molecule has 2 rings (SSSR count). The summed E-state index contributed by atoms with van der Waals surface area (Å²) in [6, 6.07) is 11.9. The largest absolute Gasteiger partial charge is 0.492 e. The first-order valence-corrected chi connectivity index (χ1v) is 7.04. The zero-order valence-corrected chi connectivity index (χ0v) is 12.5. The van der Waals surface area contributed by atoms with Crippen molar-refractivity contribution in [1.29, 1.82) is 0 Å². The first-order chi connectivity index (χ1) is 9.25. The molecule has 100 valence electrons. The van der Waals surface area contributed by atoms with Crippen LogP contribution in [0.15, 0.2) is 47.1 Å². The molecule has 1 N–H and O–H groups in total. The van der Waals surface area contributed by atoms with Crippen LogP contribution in [0.25, 0.3) is 0 Å². The normalized spacial score (nSPS) is 10.4.